The van der Waals surface area contributed by atoms with Gasteiger partial charge in [-0.3, -0.25) is 0 Å². The second kappa shape index (κ2) is 12.9. The number of allylic oxidation sites excluding steroid dienone is 1. The van der Waals surface area contributed by atoms with Crippen LogP contribution in [0.5, 0.6) is 5.75 Å². The van der Waals surface area contributed by atoms with E-state index in [1.165, 1.54) is 0 Å². The lowest BCUT2D eigenvalue weighted by molar-refractivity contribution is -0.138. The van der Waals surface area contributed by atoms with Crippen LogP contribution in [0, 0.1) is 6.92 Å². The molecule has 0 spiro atoms. The van der Waals surface area contributed by atoms with Crippen molar-refractivity contribution in [1.82, 2.24) is 0 Å². The zero-order chi connectivity index (χ0) is 26.8. The molecule has 37 heavy (non-hydrogen) atoms. The highest BCUT2D eigenvalue weighted by Crippen LogP contribution is 2.28. The van der Waals surface area contributed by atoms with Crippen LogP contribution < -0.4 is 4.74 Å². The van der Waals surface area contributed by atoms with E-state index in [0.717, 1.165) is 16.7 Å². The summed E-state index contributed by atoms with van der Waals surface area (Å²) in [7, 11) is 0. The van der Waals surface area contributed by atoms with Crippen molar-refractivity contribution in [2.24, 2.45) is 20.5 Å². The SMILES string of the molecule is C=C(C)C(=C)Oc1ccc(/N=N/c2ccc(/N=N/c3cccc(CCOC(=O)C(=C)C)c3)cc2)cc1C. The van der Waals surface area contributed by atoms with Crippen molar-refractivity contribution in [3.63, 3.8) is 0 Å². The number of hydrogen-bond donors (Lipinski definition) is 0. The third kappa shape index (κ3) is 8.50. The second-order valence-electron chi connectivity index (χ2n) is 8.51. The molecule has 3 aromatic carbocycles. The van der Waals surface area contributed by atoms with Crippen molar-refractivity contribution >= 4 is 28.7 Å². The molecular formula is C30H30N4O3. The summed E-state index contributed by atoms with van der Waals surface area (Å²) in [5.41, 5.74) is 5.89. The van der Waals surface area contributed by atoms with Crippen LogP contribution in [0.3, 0.4) is 0 Å². The van der Waals surface area contributed by atoms with E-state index in [1.807, 2.05) is 80.6 Å². The topological polar surface area (TPSA) is 85.0 Å². The predicted octanol–water partition coefficient (Wildman–Crippen LogP) is 8.96. The Morgan fingerprint density at radius 2 is 1.32 bits per heavy atom. The van der Waals surface area contributed by atoms with Gasteiger partial charge in [-0.05, 0) is 92.1 Å². The maximum atomic E-state index is 11.5. The minimum atomic E-state index is -0.387. The van der Waals surface area contributed by atoms with Crippen LogP contribution in [0.1, 0.15) is 25.0 Å². The Morgan fingerprint density at radius 1 is 0.757 bits per heavy atom. The lowest BCUT2D eigenvalue weighted by atomic mass is 10.1. The van der Waals surface area contributed by atoms with E-state index in [2.05, 4.69) is 40.2 Å². The first-order valence-electron chi connectivity index (χ1n) is 11.7. The summed E-state index contributed by atoms with van der Waals surface area (Å²) in [4.78, 5) is 11.5. The first-order chi connectivity index (χ1) is 17.7. The number of hydrogen-bond acceptors (Lipinski definition) is 7. The molecule has 0 aliphatic heterocycles. The average molecular weight is 495 g/mol. The second-order valence-corrected chi connectivity index (χ2v) is 8.51. The quantitative estimate of drug-likeness (QED) is 0.0876. The highest BCUT2D eigenvalue weighted by atomic mass is 16.5. The van der Waals surface area contributed by atoms with Crippen molar-refractivity contribution < 1.29 is 14.3 Å². The van der Waals surface area contributed by atoms with Gasteiger partial charge in [0.15, 0.2) is 0 Å². The van der Waals surface area contributed by atoms with Crippen molar-refractivity contribution in [2.45, 2.75) is 27.2 Å². The molecule has 0 aliphatic carbocycles. The average Bonchev–Trinajstić information content (AvgIpc) is 2.88. The third-order valence-corrected chi connectivity index (χ3v) is 5.16. The van der Waals surface area contributed by atoms with E-state index in [0.29, 0.717) is 46.3 Å². The molecule has 0 heterocycles. The molecule has 188 valence electrons. The zero-order valence-electron chi connectivity index (χ0n) is 21.4. The molecule has 0 unspecified atom stereocenters. The molecule has 0 saturated carbocycles. The summed E-state index contributed by atoms with van der Waals surface area (Å²) in [5, 5.41) is 17.2. The Hall–Kier alpha value is -4.65. The smallest absolute Gasteiger partial charge is 0.333 e. The number of azo groups is 2. The van der Waals surface area contributed by atoms with E-state index in [1.54, 1.807) is 6.92 Å². The number of ether oxygens (including phenoxy) is 2. The summed E-state index contributed by atoms with van der Waals surface area (Å²) >= 11 is 0. The van der Waals surface area contributed by atoms with E-state index in [9.17, 15) is 4.79 Å². The number of rotatable bonds is 11. The first kappa shape index (κ1) is 26.9. The van der Waals surface area contributed by atoms with Gasteiger partial charge >= 0.3 is 5.97 Å². The molecule has 7 heteroatoms. The highest BCUT2D eigenvalue weighted by molar-refractivity contribution is 5.86. The molecular weight excluding hydrogens is 464 g/mol. The van der Waals surface area contributed by atoms with E-state index >= 15 is 0 Å². The maximum Gasteiger partial charge on any atom is 0.333 e. The van der Waals surface area contributed by atoms with Gasteiger partial charge in [0.25, 0.3) is 0 Å². The molecule has 3 rings (SSSR count). The normalized spacial score (nSPS) is 11.0. The van der Waals surface area contributed by atoms with Crippen molar-refractivity contribution in [1.29, 1.82) is 0 Å². The standard InChI is InChI=1S/C30H30N4O3/c1-20(2)23(6)37-29-15-14-28(18-22(29)5)34-32-26-12-10-25(11-13-26)31-33-27-9-7-8-24(19-27)16-17-36-30(35)21(3)4/h7-15,18-19H,1,3,6,16-17H2,2,4-5H3/b33-31+,34-32+. The van der Waals surface area contributed by atoms with Crippen LogP contribution in [0.4, 0.5) is 22.7 Å². The fourth-order valence-electron chi connectivity index (χ4n) is 3.01. The number of benzene rings is 3. The highest BCUT2D eigenvalue weighted by Gasteiger charge is 2.05. The van der Waals surface area contributed by atoms with Crippen LogP contribution in [-0.4, -0.2) is 12.6 Å². The molecule has 0 saturated heterocycles. The van der Waals surface area contributed by atoms with Crippen molar-refractivity contribution in [2.75, 3.05) is 6.61 Å². The minimum absolute atomic E-state index is 0.282. The molecule has 0 amide bonds. The predicted molar refractivity (Wildman–Crippen MR) is 146 cm³/mol. The third-order valence-electron chi connectivity index (χ3n) is 5.16. The molecule has 0 aliphatic rings. The summed E-state index contributed by atoms with van der Waals surface area (Å²) < 4.78 is 10.9. The fourth-order valence-corrected chi connectivity index (χ4v) is 3.01. The van der Waals surface area contributed by atoms with Gasteiger partial charge < -0.3 is 9.47 Å². The number of nitrogens with zero attached hydrogens (tertiary/aromatic N) is 4. The molecule has 3 aromatic rings. The fraction of sp³-hybridized carbons (Fsp3) is 0.167. The monoisotopic (exact) mass is 494 g/mol. The van der Waals surface area contributed by atoms with Crippen molar-refractivity contribution in [3.8, 4) is 5.75 Å². The maximum absolute atomic E-state index is 11.5. The largest absolute Gasteiger partial charge is 0.462 e. The molecule has 0 atom stereocenters. The summed E-state index contributed by atoms with van der Waals surface area (Å²) in [6.07, 6.45) is 0.584. The van der Waals surface area contributed by atoms with Gasteiger partial charge in [0.2, 0.25) is 0 Å². The van der Waals surface area contributed by atoms with Crippen LogP contribution in [0.25, 0.3) is 0 Å². The van der Waals surface area contributed by atoms with E-state index in [4.69, 9.17) is 9.47 Å². The van der Waals surface area contributed by atoms with Crippen LogP contribution >= 0.6 is 0 Å². The Morgan fingerprint density at radius 3 is 1.89 bits per heavy atom. The zero-order valence-corrected chi connectivity index (χ0v) is 21.4. The molecule has 0 fully saturated rings. The van der Waals surface area contributed by atoms with E-state index in [-0.39, 0.29) is 12.6 Å². The van der Waals surface area contributed by atoms with Crippen LogP contribution in [0.15, 0.2) is 124 Å². The Balaban J connectivity index is 1.58. The molecule has 0 bridgehead atoms. The number of aryl methyl sites for hydroxylation is 1. The van der Waals surface area contributed by atoms with Crippen LogP contribution in [0.2, 0.25) is 0 Å². The lowest BCUT2D eigenvalue weighted by Crippen LogP contribution is -2.07. The van der Waals surface area contributed by atoms with Crippen LogP contribution in [-0.2, 0) is 16.0 Å². The van der Waals surface area contributed by atoms with Gasteiger partial charge in [0.05, 0.1) is 29.4 Å². The number of carbonyl (C=O) groups is 1. The number of carbonyl (C=O) groups excluding carboxylic acids is 1. The summed E-state index contributed by atoms with van der Waals surface area (Å²) in [6.45, 7) is 17.0. The van der Waals surface area contributed by atoms with Gasteiger partial charge in [0, 0.05) is 12.0 Å². The van der Waals surface area contributed by atoms with Gasteiger partial charge in [-0.1, -0.05) is 31.9 Å². The van der Waals surface area contributed by atoms with Gasteiger partial charge in [-0.15, -0.1) is 0 Å². The lowest BCUT2D eigenvalue weighted by Gasteiger charge is -2.10. The first-order valence-corrected chi connectivity index (χ1v) is 11.7. The van der Waals surface area contributed by atoms with Gasteiger partial charge in [0.1, 0.15) is 11.5 Å². The Labute approximate surface area is 217 Å². The number of esters is 1. The van der Waals surface area contributed by atoms with Gasteiger partial charge in [-0.25, -0.2) is 4.79 Å². The Bertz CT molecular complexity index is 1370. The molecule has 7 nitrogen and oxygen atoms in total. The van der Waals surface area contributed by atoms with Crippen molar-refractivity contribution in [3.05, 3.63) is 114 Å². The Kier molecular flexibility index (Phi) is 9.38. The van der Waals surface area contributed by atoms with E-state index < -0.39 is 0 Å². The summed E-state index contributed by atoms with van der Waals surface area (Å²) in [6, 6.07) is 20.5. The molecule has 0 aromatic heterocycles. The van der Waals surface area contributed by atoms with Gasteiger partial charge in [-0.2, -0.15) is 20.5 Å². The molecule has 0 N–H and O–H groups in total. The molecule has 0 radical (unpaired) electrons. The summed E-state index contributed by atoms with van der Waals surface area (Å²) in [5.74, 6) is 0.852. The minimum Gasteiger partial charge on any atom is -0.462 e.